The van der Waals surface area contributed by atoms with Crippen molar-refractivity contribution in [3.8, 4) is 0 Å². The van der Waals surface area contributed by atoms with Crippen molar-refractivity contribution >= 4 is 33.9 Å². The van der Waals surface area contributed by atoms with Crippen LogP contribution in [0, 0.1) is 0 Å². The monoisotopic (exact) mass is 431 g/mol. The number of hydrogen-bond acceptors (Lipinski definition) is 4. The molecule has 0 N–H and O–H groups in total. The molecule has 0 aliphatic carbocycles. The molecular formula is C25H18ClNO2S. The van der Waals surface area contributed by atoms with Crippen molar-refractivity contribution < 1.29 is 9.63 Å². The Morgan fingerprint density at radius 1 is 0.733 bits per heavy atom. The number of hydrogen-bond donors (Lipinski definition) is 0. The molecule has 3 aromatic carbocycles. The average Bonchev–Trinajstić information content (AvgIpc) is 3.33. The number of halogens is 1. The summed E-state index contributed by atoms with van der Waals surface area (Å²) < 4.78 is 0. The molecule has 0 aliphatic heterocycles. The number of nitrogens with zero attached hydrogens (tertiary/aromatic N) is 1. The zero-order chi connectivity index (χ0) is 20.8. The maximum atomic E-state index is 12.1. The van der Waals surface area contributed by atoms with Crippen LogP contribution in [-0.2, 0) is 15.2 Å². The quantitative estimate of drug-likeness (QED) is 0.151. The van der Waals surface area contributed by atoms with Crippen molar-refractivity contribution in [1.82, 2.24) is 0 Å². The van der Waals surface area contributed by atoms with Gasteiger partial charge < -0.3 is 4.84 Å². The zero-order valence-electron chi connectivity index (χ0n) is 15.9. The Bertz CT molecular complexity index is 1030. The molecule has 1 aromatic heterocycles. The molecule has 0 bridgehead atoms. The number of rotatable bonds is 7. The summed E-state index contributed by atoms with van der Waals surface area (Å²) in [6.45, 7) is 0. The van der Waals surface area contributed by atoms with Crippen molar-refractivity contribution in [2.45, 2.75) is 5.60 Å². The van der Waals surface area contributed by atoms with E-state index < -0.39 is 10.8 Å². The Hall–Kier alpha value is -3.21. The maximum Gasteiger partial charge on any atom is 0.275 e. The Morgan fingerprint density at radius 2 is 1.20 bits per heavy atom. The van der Waals surface area contributed by atoms with Crippen LogP contribution in [0.25, 0.3) is 0 Å². The third-order valence-corrected chi connectivity index (χ3v) is 5.81. The van der Waals surface area contributed by atoms with Gasteiger partial charge >= 0.3 is 0 Å². The molecule has 30 heavy (non-hydrogen) atoms. The summed E-state index contributed by atoms with van der Waals surface area (Å²) in [5, 5.41) is 5.51. The summed E-state index contributed by atoms with van der Waals surface area (Å²) in [6.07, 6.45) is 0. The van der Waals surface area contributed by atoms with Gasteiger partial charge in [0, 0.05) is 16.7 Å². The van der Waals surface area contributed by atoms with E-state index in [0.717, 1.165) is 16.7 Å². The molecule has 0 amide bonds. The van der Waals surface area contributed by atoms with Crippen molar-refractivity contribution in [2.24, 2.45) is 5.16 Å². The molecule has 0 aliphatic rings. The predicted molar refractivity (Wildman–Crippen MR) is 122 cm³/mol. The molecule has 0 saturated heterocycles. The highest BCUT2D eigenvalue weighted by molar-refractivity contribution is 7.14. The fourth-order valence-electron chi connectivity index (χ4n) is 3.38. The van der Waals surface area contributed by atoms with Gasteiger partial charge in [-0.1, -0.05) is 102 Å². The highest BCUT2D eigenvalue weighted by Gasteiger charge is 2.40. The van der Waals surface area contributed by atoms with Crippen molar-refractivity contribution in [3.63, 3.8) is 0 Å². The van der Waals surface area contributed by atoms with Crippen LogP contribution in [0.4, 0.5) is 0 Å². The van der Waals surface area contributed by atoms with E-state index in [-0.39, 0.29) is 5.71 Å². The summed E-state index contributed by atoms with van der Waals surface area (Å²) >= 11 is 7.24. The standard InChI is InChI=1S/C25H18ClNO2S/c26-24(28)23(22-17-10-18-30-22)27-29-25(19-11-4-1-5-12-19,20-13-6-2-7-14-20)21-15-8-3-9-16-21/h1-18H. The van der Waals surface area contributed by atoms with Crippen LogP contribution >= 0.6 is 22.9 Å². The largest absolute Gasteiger partial charge is 0.374 e. The molecule has 0 saturated carbocycles. The Morgan fingerprint density at radius 3 is 1.57 bits per heavy atom. The lowest BCUT2D eigenvalue weighted by atomic mass is 9.80. The summed E-state index contributed by atoms with van der Waals surface area (Å²) in [5.74, 6) is 0. The Kier molecular flexibility index (Phi) is 6.07. The van der Waals surface area contributed by atoms with Gasteiger partial charge in [-0.25, -0.2) is 0 Å². The number of thiophene rings is 1. The average molecular weight is 432 g/mol. The highest BCUT2D eigenvalue weighted by Crippen LogP contribution is 2.40. The third kappa shape index (κ3) is 3.92. The first-order valence-electron chi connectivity index (χ1n) is 9.38. The second kappa shape index (κ2) is 9.08. The van der Waals surface area contributed by atoms with Gasteiger partial charge in [0.1, 0.15) is 0 Å². The molecule has 0 spiro atoms. The Balaban J connectivity index is 1.95. The molecule has 148 valence electrons. The normalized spacial score (nSPS) is 11.8. The minimum atomic E-state index is -1.06. The molecule has 0 unspecified atom stereocenters. The van der Waals surface area contributed by atoms with Crippen LogP contribution in [0.3, 0.4) is 0 Å². The number of oxime groups is 1. The lowest BCUT2D eigenvalue weighted by Gasteiger charge is -2.33. The molecule has 0 radical (unpaired) electrons. The van der Waals surface area contributed by atoms with Crippen LogP contribution in [0.2, 0.25) is 0 Å². The first-order chi connectivity index (χ1) is 14.7. The summed E-state index contributed by atoms with van der Waals surface area (Å²) in [7, 11) is 0. The van der Waals surface area contributed by atoms with Crippen LogP contribution in [-0.4, -0.2) is 11.0 Å². The van der Waals surface area contributed by atoms with E-state index in [1.165, 1.54) is 11.3 Å². The maximum absolute atomic E-state index is 12.1. The van der Waals surface area contributed by atoms with E-state index in [1.54, 1.807) is 6.07 Å². The van der Waals surface area contributed by atoms with Gasteiger partial charge in [-0.3, -0.25) is 4.79 Å². The van der Waals surface area contributed by atoms with E-state index in [0.29, 0.717) is 4.88 Å². The fourth-order valence-corrected chi connectivity index (χ4v) is 4.28. The van der Waals surface area contributed by atoms with Gasteiger partial charge in [-0.15, -0.1) is 11.3 Å². The SMILES string of the molecule is O=C(Cl)C(=NOC(c1ccccc1)(c1ccccc1)c1ccccc1)c1cccs1. The van der Waals surface area contributed by atoms with E-state index in [1.807, 2.05) is 102 Å². The van der Waals surface area contributed by atoms with Gasteiger partial charge in [-0.05, 0) is 23.0 Å². The molecule has 4 aromatic rings. The number of benzene rings is 3. The first kappa shape index (κ1) is 20.1. The van der Waals surface area contributed by atoms with Gasteiger partial charge in [0.2, 0.25) is 5.60 Å². The molecular weight excluding hydrogens is 414 g/mol. The predicted octanol–water partition coefficient (Wildman–Crippen LogP) is 6.23. The second-order valence-corrected chi connectivity index (χ2v) is 7.85. The molecule has 5 heteroatoms. The number of carbonyl (C=O) groups excluding carboxylic acids is 1. The molecule has 0 fully saturated rings. The van der Waals surface area contributed by atoms with Crippen molar-refractivity contribution in [3.05, 3.63) is 130 Å². The molecule has 3 nitrogen and oxygen atoms in total. The van der Waals surface area contributed by atoms with E-state index in [2.05, 4.69) is 5.16 Å². The van der Waals surface area contributed by atoms with Crippen LogP contribution < -0.4 is 0 Å². The lowest BCUT2D eigenvalue weighted by molar-refractivity contribution is -0.106. The molecule has 4 rings (SSSR count). The smallest absolute Gasteiger partial charge is 0.275 e. The second-order valence-electron chi connectivity index (χ2n) is 6.56. The first-order valence-corrected chi connectivity index (χ1v) is 10.6. The summed E-state index contributed by atoms with van der Waals surface area (Å²) in [4.78, 5) is 19.1. The van der Waals surface area contributed by atoms with Crippen molar-refractivity contribution in [2.75, 3.05) is 0 Å². The molecule has 1 heterocycles. The minimum absolute atomic E-state index is 0.0823. The van der Waals surface area contributed by atoms with Crippen molar-refractivity contribution in [1.29, 1.82) is 0 Å². The van der Waals surface area contributed by atoms with Crippen LogP contribution in [0.15, 0.2) is 114 Å². The zero-order valence-corrected chi connectivity index (χ0v) is 17.5. The third-order valence-electron chi connectivity index (χ3n) is 4.76. The van der Waals surface area contributed by atoms with E-state index in [9.17, 15) is 4.79 Å². The Labute approximate surface area is 184 Å². The van der Waals surface area contributed by atoms with Crippen LogP contribution in [0.5, 0.6) is 0 Å². The van der Waals surface area contributed by atoms with Gasteiger partial charge in [0.25, 0.3) is 5.24 Å². The topological polar surface area (TPSA) is 38.7 Å². The van der Waals surface area contributed by atoms with Crippen LogP contribution in [0.1, 0.15) is 21.6 Å². The summed E-state index contributed by atoms with van der Waals surface area (Å²) in [6, 6.07) is 33.1. The minimum Gasteiger partial charge on any atom is -0.374 e. The van der Waals surface area contributed by atoms with Gasteiger partial charge in [0.05, 0.1) is 4.88 Å². The van der Waals surface area contributed by atoms with E-state index >= 15 is 0 Å². The molecule has 0 atom stereocenters. The fraction of sp³-hybridized carbons (Fsp3) is 0.0400. The van der Waals surface area contributed by atoms with E-state index in [4.69, 9.17) is 16.4 Å². The highest BCUT2D eigenvalue weighted by atomic mass is 35.5. The van der Waals surface area contributed by atoms with Gasteiger partial charge in [-0.2, -0.15) is 0 Å². The number of carbonyl (C=O) groups is 1. The van der Waals surface area contributed by atoms with Gasteiger partial charge in [0.15, 0.2) is 5.71 Å². The summed E-state index contributed by atoms with van der Waals surface area (Å²) in [5.41, 5.74) is 1.69. The lowest BCUT2D eigenvalue weighted by Crippen LogP contribution is -2.32.